The minimum Gasteiger partial charge on any atom is -0.497 e. The number of rotatable bonds is 11. The number of carbonyl (C=O) groups is 2. The van der Waals surface area contributed by atoms with Crippen LogP contribution in [0.5, 0.6) is 11.5 Å². The largest absolute Gasteiger partial charge is 0.497 e. The average Bonchev–Trinajstić information content (AvgIpc) is 3.57. The third kappa shape index (κ3) is 6.66. The van der Waals surface area contributed by atoms with Crippen molar-refractivity contribution in [2.45, 2.75) is 13.1 Å². The summed E-state index contributed by atoms with van der Waals surface area (Å²) in [5.74, 6) is 1.53. The number of aromatic amines is 1. The molecule has 2 aromatic carbocycles. The zero-order chi connectivity index (χ0) is 33.8. The molecule has 6 rings (SSSR count). The molecule has 0 atom stereocenters. The Morgan fingerprint density at radius 3 is 1.96 bits per heavy atom. The van der Waals surface area contributed by atoms with Crippen LogP contribution in [0, 0.1) is 0 Å². The van der Waals surface area contributed by atoms with Gasteiger partial charge in [-0.1, -0.05) is 24.3 Å². The maximum Gasteiger partial charge on any atom is 0.265 e. The number of pyridine rings is 3. The summed E-state index contributed by atoms with van der Waals surface area (Å²) in [6.45, 7) is 1.07. The maximum atomic E-state index is 12.7. The van der Waals surface area contributed by atoms with Crippen LogP contribution in [0.15, 0.2) is 97.5 Å². The van der Waals surface area contributed by atoms with E-state index < -0.39 is 5.91 Å². The lowest BCUT2D eigenvalue weighted by Gasteiger charge is -2.27. The number of primary amides is 1. The number of carbonyl (C=O) groups excluding carboxylic acids is 2. The number of nitrogens with two attached hydrogens (primary N) is 1. The number of nitrogens with zero attached hydrogens (tertiary/aromatic N) is 5. The number of aromatic nitrogens is 4. The lowest BCUT2D eigenvalue weighted by molar-refractivity contribution is 0.0827. The monoisotopic (exact) mass is 641 g/mol. The Morgan fingerprint density at radius 1 is 0.771 bits per heavy atom. The molecule has 0 radical (unpaired) electrons. The highest BCUT2D eigenvalue weighted by atomic mass is 16.5. The summed E-state index contributed by atoms with van der Waals surface area (Å²) in [7, 11) is 6.70. The third-order valence-electron chi connectivity index (χ3n) is 8.03. The molecule has 4 aromatic heterocycles. The fourth-order valence-electron chi connectivity index (χ4n) is 5.50. The van der Waals surface area contributed by atoms with Crippen LogP contribution in [0.2, 0.25) is 0 Å². The Balaban J connectivity index is 1.50. The highest BCUT2D eigenvalue weighted by molar-refractivity contribution is 6.01. The molecule has 0 saturated heterocycles. The predicted molar refractivity (Wildman–Crippen MR) is 185 cm³/mol. The van der Waals surface area contributed by atoms with E-state index >= 15 is 0 Å². The first-order valence-electron chi connectivity index (χ1n) is 15.2. The summed E-state index contributed by atoms with van der Waals surface area (Å²) >= 11 is 0. The van der Waals surface area contributed by atoms with Gasteiger partial charge in [-0.25, -0.2) is 9.97 Å². The van der Waals surface area contributed by atoms with Gasteiger partial charge in [-0.05, 0) is 71.3 Å². The Kier molecular flexibility index (Phi) is 9.02. The molecule has 48 heavy (non-hydrogen) atoms. The van der Waals surface area contributed by atoms with Crippen LogP contribution < -0.4 is 20.1 Å². The molecule has 11 heteroatoms. The van der Waals surface area contributed by atoms with Gasteiger partial charge in [-0.3, -0.25) is 14.6 Å². The summed E-state index contributed by atoms with van der Waals surface area (Å²) in [6.07, 6.45) is 5.07. The van der Waals surface area contributed by atoms with Crippen LogP contribution in [0.25, 0.3) is 33.4 Å². The Labute approximate surface area is 278 Å². The Hall–Kier alpha value is -6.23. The molecule has 0 aliphatic heterocycles. The van der Waals surface area contributed by atoms with Crippen molar-refractivity contribution in [3.05, 3.63) is 120 Å². The van der Waals surface area contributed by atoms with Crippen LogP contribution >= 0.6 is 0 Å². The van der Waals surface area contributed by atoms with Crippen molar-refractivity contribution in [1.29, 1.82) is 0 Å². The smallest absolute Gasteiger partial charge is 0.265 e. The molecule has 0 fully saturated rings. The third-order valence-corrected chi connectivity index (χ3v) is 8.03. The number of hydrogen-bond donors (Lipinski definition) is 2. The first kappa shape index (κ1) is 31.7. The summed E-state index contributed by atoms with van der Waals surface area (Å²) < 4.78 is 10.8. The van der Waals surface area contributed by atoms with Gasteiger partial charge in [0.05, 0.1) is 25.5 Å². The molecule has 4 heterocycles. The maximum absolute atomic E-state index is 12.7. The van der Waals surface area contributed by atoms with Gasteiger partial charge >= 0.3 is 0 Å². The van der Waals surface area contributed by atoms with Crippen molar-refractivity contribution >= 4 is 28.7 Å². The Morgan fingerprint density at radius 2 is 1.42 bits per heavy atom. The van der Waals surface area contributed by atoms with Crippen LogP contribution in [0.4, 0.5) is 5.82 Å². The number of nitrogens with one attached hydrogen (secondary N) is 1. The van der Waals surface area contributed by atoms with Crippen molar-refractivity contribution in [2.75, 3.05) is 33.2 Å². The van der Waals surface area contributed by atoms with Gasteiger partial charge in [0.2, 0.25) is 0 Å². The van der Waals surface area contributed by atoms with Crippen molar-refractivity contribution in [2.24, 2.45) is 5.73 Å². The van der Waals surface area contributed by atoms with E-state index in [0.717, 1.165) is 44.7 Å². The molecular formula is C37H35N7O4. The normalized spacial score (nSPS) is 10.9. The predicted octanol–water partition coefficient (Wildman–Crippen LogP) is 5.71. The second-order valence-electron chi connectivity index (χ2n) is 11.4. The zero-order valence-corrected chi connectivity index (χ0v) is 27.1. The number of anilines is 1. The van der Waals surface area contributed by atoms with Gasteiger partial charge in [0, 0.05) is 62.3 Å². The minimum atomic E-state index is -0.572. The van der Waals surface area contributed by atoms with Crippen molar-refractivity contribution in [1.82, 2.24) is 24.8 Å². The molecule has 0 aliphatic rings. The van der Waals surface area contributed by atoms with Crippen LogP contribution in [0.1, 0.15) is 32.0 Å². The molecule has 2 amide bonds. The number of hydrogen-bond acceptors (Lipinski definition) is 8. The van der Waals surface area contributed by atoms with Crippen molar-refractivity contribution in [3.63, 3.8) is 0 Å². The van der Waals surface area contributed by atoms with E-state index in [1.165, 1.54) is 4.90 Å². The van der Waals surface area contributed by atoms with Gasteiger partial charge in [-0.2, -0.15) is 0 Å². The number of ether oxygens (including phenoxy) is 2. The number of fused-ring (bicyclic) bond motifs is 1. The first-order valence-corrected chi connectivity index (χ1v) is 15.2. The topological polar surface area (TPSA) is 140 Å². The quantitative estimate of drug-likeness (QED) is 0.183. The number of benzene rings is 2. The SMILES string of the molecule is COc1ccc(CN(Cc2ccc(OC)cc2)c2ncc(-c3ccnc4[nH]c(C(N)=O)cc34)cc2-c2ccc(C(=O)N(C)C)cn2)cc1. The van der Waals surface area contributed by atoms with E-state index in [0.29, 0.717) is 35.8 Å². The van der Waals surface area contributed by atoms with Gasteiger partial charge in [0.1, 0.15) is 28.7 Å². The number of amides is 2. The summed E-state index contributed by atoms with van der Waals surface area (Å²) in [5.41, 5.74) is 12.0. The van der Waals surface area contributed by atoms with Crippen LogP contribution in [0.3, 0.4) is 0 Å². The van der Waals surface area contributed by atoms with E-state index in [1.54, 1.807) is 52.8 Å². The molecule has 0 unspecified atom stereocenters. The molecule has 3 N–H and O–H groups in total. The van der Waals surface area contributed by atoms with E-state index in [4.69, 9.17) is 25.2 Å². The molecule has 6 aromatic rings. The molecule has 242 valence electrons. The summed E-state index contributed by atoms with van der Waals surface area (Å²) in [4.78, 5) is 45.6. The Bertz CT molecular complexity index is 2020. The fourth-order valence-corrected chi connectivity index (χ4v) is 5.50. The second kappa shape index (κ2) is 13.6. The van der Waals surface area contributed by atoms with E-state index in [9.17, 15) is 9.59 Å². The molecule has 0 aliphatic carbocycles. The minimum absolute atomic E-state index is 0.140. The lowest BCUT2D eigenvalue weighted by Crippen LogP contribution is -2.24. The van der Waals surface area contributed by atoms with E-state index in [2.05, 4.69) is 14.9 Å². The van der Waals surface area contributed by atoms with Gasteiger partial charge in [0.15, 0.2) is 0 Å². The molecule has 0 spiro atoms. The van der Waals surface area contributed by atoms with Crippen LogP contribution in [-0.2, 0) is 13.1 Å². The number of methoxy groups -OCH3 is 2. The zero-order valence-electron chi connectivity index (χ0n) is 27.1. The fraction of sp³-hybridized carbons (Fsp3) is 0.162. The second-order valence-corrected chi connectivity index (χ2v) is 11.4. The summed E-state index contributed by atoms with van der Waals surface area (Å²) in [5, 5.41) is 0.736. The van der Waals surface area contributed by atoms with Gasteiger partial charge in [0.25, 0.3) is 11.8 Å². The highest BCUT2D eigenvalue weighted by Crippen LogP contribution is 2.36. The van der Waals surface area contributed by atoms with Crippen molar-refractivity contribution < 1.29 is 19.1 Å². The average molecular weight is 642 g/mol. The first-order chi connectivity index (χ1) is 23.2. The van der Waals surface area contributed by atoms with Crippen molar-refractivity contribution in [3.8, 4) is 33.9 Å². The molecular weight excluding hydrogens is 606 g/mol. The lowest BCUT2D eigenvalue weighted by atomic mass is 10.0. The molecule has 11 nitrogen and oxygen atoms in total. The number of H-pyrrole nitrogens is 1. The highest BCUT2D eigenvalue weighted by Gasteiger charge is 2.20. The van der Waals surface area contributed by atoms with Gasteiger partial charge in [-0.15, -0.1) is 0 Å². The molecule has 0 saturated carbocycles. The molecule has 0 bridgehead atoms. The van der Waals surface area contributed by atoms with Gasteiger partial charge < -0.3 is 30.0 Å². The van der Waals surface area contributed by atoms with E-state index in [1.807, 2.05) is 72.9 Å². The van der Waals surface area contributed by atoms with E-state index in [-0.39, 0.29) is 11.6 Å². The standard InChI is InChI=1S/C37H35N7O4/c1-43(2)37(46)25-9-14-32(40-19-25)31-17-26(29-15-16-39-35-30(29)18-33(42-35)34(38)45)20-41-36(31)44(21-23-5-10-27(47-3)11-6-23)22-24-7-12-28(48-4)13-8-24/h5-20H,21-22H2,1-4H3,(H2,38,45)(H,39,42). The summed E-state index contributed by atoms with van der Waals surface area (Å²) in [6, 6.07) is 25.1. The van der Waals surface area contributed by atoms with Crippen LogP contribution in [-0.4, -0.2) is 65.0 Å².